The highest BCUT2D eigenvalue weighted by Gasteiger charge is 2.21. The Balaban J connectivity index is 2.00. The lowest BCUT2D eigenvalue weighted by Crippen LogP contribution is -2.37. The minimum atomic E-state index is -1.62. The molecule has 0 aliphatic carbocycles. The van der Waals surface area contributed by atoms with E-state index < -0.39 is 18.0 Å². The first-order chi connectivity index (χ1) is 13.9. The van der Waals surface area contributed by atoms with E-state index in [1.165, 1.54) is 5.56 Å². The van der Waals surface area contributed by atoms with Crippen molar-refractivity contribution < 1.29 is 28.9 Å². The molecule has 0 saturated carbocycles. The van der Waals surface area contributed by atoms with E-state index in [9.17, 15) is 9.59 Å². The molecule has 29 heavy (non-hydrogen) atoms. The number of rotatable bonds is 10. The lowest BCUT2D eigenvalue weighted by molar-refractivity contribution is -0.168. The molecule has 156 valence electrons. The molecule has 2 rings (SSSR count). The van der Waals surface area contributed by atoms with Crippen LogP contribution in [0, 0.1) is 0 Å². The van der Waals surface area contributed by atoms with Crippen molar-refractivity contribution in [2.75, 3.05) is 34.4 Å². The Morgan fingerprint density at radius 2 is 1.72 bits per heavy atom. The highest BCUT2D eigenvalue weighted by Crippen LogP contribution is 2.21. The fourth-order valence-corrected chi connectivity index (χ4v) is 2.84. The largest absolute Gasteiger partial charge is 0.497 e. The van der Waals surface area contributed by atoms with Crippen LogP contribution in [0.3, 0.4) is 0 Å². The first kappa shape index (κ1) is 22.2. The smallest absolute Gasteiger partial charge is 0.417 e. The first-order valence-electron chi connectivity index (χ1n) is 9.31. The summed E-state index contributed by atoms with van der Waals surface area (Å²) in [5.41, 5.74) is 2.21. The van der Waals surface area contributed by atoms with Crippen molar-refractivity contribution in [3.63, 3.8) is 0 Å². The maximum absolute atomic E-state index is 11.4. The second kappa shape index (κ2) is 11.1. The van der Waals surface area contributed by atoms with Gasteiger partial charge in [-0.15, -0.1) is 0 Å². The van der Waals surface area contributed by atoms with E-state index in [1.807, 2.05) is 62.6 Å². The molecule has 1 atom stereocenters. The standard InChI is InChI=1S/C22H27NO6/c1-23(2)14-19(29-22(26)21(24)25)15-28-20-7-5-4-6-17(20)11-8-16-9-12-18(27-3)13-10-16/h4-7,9-10,12-13,19H,8,11,14-15H2,1-3H3,(H,24,25)/t19-/m1/s1. The van der Waals surface area contributed by atoms with Crippen LogP contribution in [0.2, 0.25) is 0 Å². The number of carbonyl (C=O) groups excluding carboxylic acids is 1. The zero-order valence-corrected chi connectivity index (χ0v) is 17.0. The van der Waals surface area contributed by atoms with E-state index in [0.717, 1.165) is 24.2 Å². The fraction of sp³-hybridized carbons (Fsp3) is 0.364. The summed E-state index contributed by atoms with van der Waals surface area (Å²) < 4.78 is 16.1. The molecule has 2 aromatic rings. The molecule has 0 amide bonds. The van der Waals surface area contributed by atoms with Gasteiger partial charge in [0.05, 0.1) is 7.11 Å². The summed E-state index contributed by atoms with van der Waals surface area (Å²) in [5, 5.41) is 8.77. The molecular weight excluding hydrogens is 374 g/mol. The van der Waals surface area contributed by atoms with Gasteiger partial charge in [-0.1, -0.05) is 30.3 Å². The molecule has 7 nitrogen and oxygen atoms in total. The Morgan fingerprint density at radius 1 is 1.03 bits per heavy atom. The number of aliphatic carboxylic acids is 1. The molecule has 0 saturated heterocycles. The van der Waals surface area contributed by atoms with Gasteiger partial charge in [-0.25, -0.2) is 9.59 Å². The maximum Gasteiger partial charge on any atom is 0.417 e. The van der Waals surface area contributed by atoms with Crippen LogP contribution in [0.15, 0.2) is 48.5 Å². The van der Waals surface area contributed by atoms with Crippen LogP contribution < -0.4 is 9.47 Å². The zero-order valence-electron chi connectivity index (χ0n) is 17.0. The molecule has 0 fully saturated rings. The average molecular weight is 401 g/mol. The van der Waals surface area contributed by atoms with Gasteiger partial charge in [0.25, 0.3) is 0 Å². The lowest BCUT2D eigenvalue weighted by Gasteiger charge is -2.21. The third kappa shape index (κ3) is 7.46. The fourth-order valence-electron chi connectivity index (χ4n) is 2.84. The van der Waals surface area contributed by atoms with Crippen LogP contribution in [0.5, 0.6) is 11.5 Å². The third-order valence-electron chi connectivity index (χ3n) is 4.26. The number of hydrogen-bond donors (Lipinski definition) is 1. The Bertz CT molecular complexity index is 803. The van der Waals surface area contributed by atoms with Gasteiger partial charge in [0, 0.05) is 6.54 Å². The molecule has 2 aromatic carbocycles. The zero-order chi connectivity index (χ0) is 21.2. The SMILES string of the molecule is COc1ccc(CCc2ccccc2OC[C@@H](CN(C)C)OC(=O)C(=O)O)cc1. The highest BCUT2D eigenvalue weighted by molar-refractivity contribution is 6.28. The Labute approximate surface area is 170 Å². The van der Waals surface area contributed by atoms with Gasteiger partial charge in [-0.05, 0) is 56.3 Å². The number of esters is 1. The monoisotopic (exact) mass is 401 g/mol. The molecule has 0 heterocycles. The van der Waals surface area contributed by atoms with Crippen molar-refractivity contribution in [1.82, 2.24) is 4.90 Å². The molecule has 0 aliphatic heterocycles. The summed E-state index contributed by atoms with van der Waals surface area (Å²) in [6, 6.07) is 15.6. The van der Waals surface area contributed by atoms with Crippen molar-refractivity contribution in [3.05, 3.63) is 59.7 Å². The molecule has 7 heteroatoms. The van der Waals surface area contributed by atoms with Crippen LogP contribution in [-0.2, 0) is 27.2 Å². The number of hydrogen-bond acceptors (Lipinski definition) is 6. The Kier molecular flexibility index (Phi) is 8.48. The summed E-state index contributed by atoms with van der Waals surface area (Å²) >= 11 is 0. The number of likely N-dealkylation sites (N-methyl/N-ethyl adjacent to an activating group) is 1. The van der Waals surface area contributed by atoms with Gasteiger partial charge in [0.2, 0.25) is 0 Å². The molecule has 0 bridgehead atoms. The van der Waals surface area contributed by atoms with E-state index in [4.69, 9.17) is 19.3 Å². The molecule has 0 radical (unpaired) electrons. The number of aryl methyl sites for hydroxylation is 2. The van der Waals surface area contributed by atoms with Crippen LogP contribution in [0.1, 0.15) is 11.1 Å². The minimum Gasteiger partial charge on any atom is -0.497 e. The molecule has 0 spiro atoms. The van der Waals surface area contributed by atoms with Gasteiger partial charge in [0.15, 0.2) is 0 Å². The highest BCUT2D eigenvalue weighted by atomic mass is 16.6. The van der Waals surface area contributed by atoms with Crippen molar-refractivity contribution in [3.8, 4) is 11.5 Å². The van der Waals surface area contributed by atoms with Crippen LogP contribution in [-0.4, -0.2) is 62.4 Å². The van der Waals surface area contributed by atoms with Crippen molar-refractivity contribution >= 4 is 11.9 Å². The number of methoxy groups -OCH3 is 1. The second-order valence-corrected chi connectivity index (χ2v) is 6.86. The maximum atomic E-state index is 11.4. The number of para-hydroxylation sites is 1. The van der Waals surface area contributed by atoms with Crippen LogP contribution in [0.25, 0.3) is 0 Å². The number of carboxylic acid groups (broad SMARTS) is 1. The number of carboxylic acids is 1. The quantitative estimate of drug-likeness (QED) is 0.483. The Morgan fingerprint density at radius 3 is 2.34 bits per heavy atom. The summed E-state index contributed by atoms with van der Waals surface area (Å²) in [5.74, 6) is -1.39. The van der Waals surface area contributed by atoms with E-state index in [1.54, 1.807) is 12.0 Å². The third-order valence-corrected chi connectivity index (χ3v) is 4.26. The predicted octanol–water partition coefficient (Wildman–Crippen LogP) is 2.42. The predicted molar refractivity (Wildman–Crippen MR) is 108 cm³/mol. The molecule has 0 aromatic heterocycles. The summed E-state index contributed by atoms with van der Waals surface area (Å²) in [6.07, 6.45) is 0.915. The van der Waals surface area contributed by atoms with Gasteiger partial charge in [-0.2, -0.15) is 0 Å². The van der Waals surface area contributed by atoms with E-state index >= 15 is 0 Å². The number of benzene rings is 2. The number of carbonyl (C=O) groups is 2. The Hall–Kier alpha value is -3.06. The van der Waals surface area contributed by atoms with Gasteiger partial charge < -0.3 is 24.2 Å². The minimum absolute atomic E-state index is 0.0662. The molecule has 0 unspecified atom stereocenters. The van der Waals surface area contributed by atoms with Crippen LogP contribution >= 0.6 is 0 Å². The summed E-state index contributed by atoms with van der Waals surface area (Å²) in [6.45, 7) is 0.420. The van der Waals surface area contributed by atoms with E-state index in [0.29, 0.717) is 12.3 Å². The van der Waals surface area contributed by atoms with Crippen molar-refractivity contribution in [2.45, 2.75) is 18.9 Å². The van der Waals surface area contributed by atoms with Gasteiger partial charge in [0.1, 0.15) is 24.2 Å². The van der Waals surface area contributed by atoms with Crippen molar-refractivity contribution in [1.29, 1.82) is 0 Å². The van der Waals surface area contributed by atoms with Crippen LogP contribution in [0.4, 0.5) is 0 Å². The lowest BCUT2D eigenvalue weighted by atomic mass is 10.0. The topological polar surface area (TPSA) is 85.3 Å². The molecule has 0 aliphatic rings. The number of ether oxygens (including phenoxy) is 3. The number of nitrogens with zero attached hydrogens (tertiary/aromatic N) is 1. The van der Waals surface area contributed by atoms with Crippen molar-refractivity contribution in [2.24, 2.45) is 0 Å². The van der Waals surface area contributed by atoms with E-state index in [-0.39, 0.29) is 6.61 Å². The van der Waals surface area contributed by atoms with Gasteiger partial charge in [-0.3, -0.25) is 0 Å². The average Bonchev–Trinajstić information content (AvgIpc) is 2.71. The first-order valence-corrected chi connectivity index (χ1v) is 9.31. The van der Waals surface area contributed by atoms with Gasteiger partial charge >= 0.3 is 11.9 Å². The summed E-state index contributed by atoms with van der Waals surface area (Å²) in [4.78, 5) is 24.0. The second-order valence-electron chi connectivity index (χ2n) is 6.86. The van der Waals surface area contributed by atoms with E-state index in [2.05, 4.69) is 0 Å². The molecular formula is C22H27NO6. The molecule has 1 N–H and O–H groups in total. The summed E-state index contributed by atoms with van der Waals surface area (Å²) in [7, 11) is 5.26. The normalized spacial score (nSPS) is 11.7.